The summed E-state index contributed by atoms with van der Waals surface area (Å²) in [7, 11) is 0. The molecule has 1 aromatic rings. The minimum Gasteiger partial charge on any atom is -0.481 e. The number of hydrogen-bond donors (Lipinski definition) is 2. The zero-order valence-electron chi connectivity index (χ0n) is 8.99. The molecule has 0 aliphatic rings. The molecule has 1 aromatic heterocycles. The van der Waals surface area contributed by atoms with Crippen molar-refractivity contribution in [3.8, 4) is 0 Å². The van der Waals surface area contributed by atoms with Crippen molar-refractivity contribution in [2.24, 2.45) is 0 Å². The zero-order chi connectivity index (χ0) is 12.7. The molecule has 0 radical (unpaired) electrons. The minimum atomic E-state index is -2.41. The lowest BCUT2D eigenvalue weighted by Crippen LogP contribution is -2.17. The number of carboxylic acids is 1. The fourth-order valence-electron chi connectivity index (χ4n) is 1.15. The van der Waals surface area contributed by atoms with Crippen LogP contribution in [0.15, 0.2) is 16.5 Å². The Balaban J connectivity index is 2.23. The summed E-state index contributed by atoms with van der Waals surface area (Å²) in [6.07, 6.45) is 0.0365. The van der Waals surface area contributed by atoms with Gasteiger partial charge in [-0.05, 0) is 12.1 Å². The molecule has 0 unspecified atom stereocenters. The smallest absolute Gasteiger partial charge is 0.304 e. The lowest BCUT2D eigenvalue weighted by molar-refractivity contribution is -0.136. The number of rotatable bonds is 8. The van der Waals surface area contributed by atoms with Crippen molar-refractivity contribution in [1.82, 2.24) is 5.32 Å². The highest BCUT2D eigenvalue weighted by Crippen LogP contribution is 2.21. The number of alkyl halides is 2. The lowest BCUT2D eigenvalue weighted by atomic mass is 10.4. The van der Waals surface area contributed by atoms with Crippen LogP contribution in [-0.4, -0.2) is 23.4 Å². The van der Waals surface area contributed by atoms with Gasteiger partial charge in [0.15, 0.2) is 0 Å². The van der Waals surface area contributed by atoms with Gasteiger partial charge in [-0.3, -0.25) is 4.79 Å². The van der Waals surface area contributed by atoms with Gasteiger partial charge in [0.2, 0.25) is 0 Å². The van der Waals surface area contributed by atoms with Gasteiger partial charge in [0.25, 0.3) is 5.76 Å². The third-order valence-corrected chi connectivity index (χ3v) is 2.59. The molecule has 0 fully saturated rings. The van der Waals surface area contributed by atoms with Crippen LogP contribution in [0, 0.1) is 0 Å². The summed E-state index contributed by atoms with van der Waals surface area (Å²) in [6, 6.07) is 3.33. The van der Waals surface area contributed by atoms with Crippen LogP contribution in [0.1, 0.15) is 17.9 Å². The van der Waals surface area contributed by atoms with Crippen LogP contribution >= 0.6 is 11.8 Å². The lowest BCUT2D eigenvalue weighted by Gasteiger charge is -2.00. The summed E-state index contributed by atoms with van der Waals surface area (Å²) in [5, 5.41) is 11.3. The number of thioether (sulfide) groups is 1. The summed E-state index contributed by atoms with van der Waals surface area (Å²) >= 11 is 0.505. The van der Waals surface area contributed by atoms with E-state index in [1.807, 2.05) is 0 Å². The molecule has 2 N–H and O–H groups in total. The standard InChI is InChI=1S/C10H13F2NO3S/c11-10(12)17-6-8-2-1-7(16-8)5-13-4-3-9(14)15/h1-2,10,13H,3-6H2,(H,14,15). The summed E-state index contributed by atoms with van der Waals surface area (Å²) in [5.74, 6) is -2.04. The summed E-state index contributed by atoms with van der Waals surface area (Å²) in [6.45, 7) is 0.740. The number of furan rings is 1. The molecule has 0 aliphatic carbocycles. The van der Waals surface area contributed by atoms with Gasteiger partial charge in [0.05, 0.1) is 18.7 Å². The fraction of sp³-hybridized carbons (Fsp3) is 0.500. The maximum absolute atomic E-state index is 11.9. The number of halogens is 2. The number of hydrogen-bond acceptors (Lipinski definition) is 4. The maximum atomic E-state index is 11.9. The summed E-state index contributed by atoms with van der Waals surface area (Å²) < 4.78 is 29.1. The van der Waals surface area contributed by atoms with Crippen molar-refractivity contribution in [3.63, 3.8) is 0 Å². The van der Waals surface area contributed by atoms with E-state index >= 15 is 0 Å². The monoisotopic (exact) mass is 265 g/mol. The van der Waals surface area contributed by atoms with Gasteiger partial charge in [-0.25, -0.2) is 0 Å². The SMILES string of the molecule is O=C(O)CCNCc1ccc(CSC(F)F)o1. The molecule has 1 heterocycles. The molecule has 96 valence electrons. The fourth-order valence-corrected chi connectivity index (χ4v) is 1.59. The molecular weight excluding hydrogens is 252 g/mol. The molecule has 0 aromatic carbocycles. The van der Waals surface area contributed by atoms with Crippen molar-refractivity contribution in [3.05, 3.63) is 23.7 Å². The summed E-state index contributed by atoms with van der Waals surface area (Å²) in [5.41, 5.74) is 0. The molecule has 0 saturated carbocycles. The third kappa shape index (κ3) is 6.28. The first-order valence-corrected chi connectivity index (χ1v) is 6.02. The molecule has 0 atom stereocenters. The largest absolute Gasteiger partial charge is 0.481 e. The maximum Gasteiger partial charge on any atom is 0.304 e. The number of nitrogens with one attached hydrogen (secondary N) is 1. The Morgan fingerprint density at radius 3 is 2.82 bits per heavy atom. The van der Waals surface area contributed by atoms with E-state index in [4.69, 9.17) is 9.52 Å². The van der Waals surface area contributed by atoms with Crippen LogP contribution in [0.2, 0.25) is 0 Å². The average molecular weight is 265 g/mol. The van der Waals surface area contributed by atoms with Crippen LogP contribution in [0.5, 0.6) is 0 Å². The Morgan fingerprint density at radius 1 is 1.47 bits per heavy atom. The Kier molecular flexibility index (Phi) is 5.99. The number of carbonyl (C=O) groups is 1. The van der Waals surface area contributed by atoms with Gasteiger partial charge in [-0.1, -0.05) is 11.8 Å². The van der Waals surface area contributed by atoms with Gasteiger partial charge in [-0.2, -0.15) is 8.78 Å². The molecule has 0 saturated heterocycles. The van der Waals surface area contributed by atoms with E-state index in [1.54, 1.807) is 12.1 Å². The van der Waals surface area contributed by atoms with Crippen molar-refractivity contribution >= 4 is 17.7 Å². The third-order valence-electron chi connectivity index (χ3n) is 1.88. The highest BCUT2D eigenvalue weighted by molar-refractivity contribution is 7.98. The van der Waals surface area contributed by atoms with Crippen LogP contribution in [0.3, 0.4) is 0 Å². The second kappa shape index (κ2) is 7.29. The first-order chi connectivity index (χ1) is 8.08. The Hall–Kier alpha value is -1.08. The highest BCUT2D eigenvalue weighted by Gasteiger charge is 2.07. The quantitative estimate of drug-likeness (QED) is 0.706. The van der Waals surface area contributed by atoms with E-state index in [0.29, 0.717) is 36.4 Å². The topological polar surface area (TPSA) is 62.5 Å². The Morgan fingerprint density at radius 2 is 2.18 bits per heavy atom. The van der Waals surface area contributed by atoms with E-state index in [2.05, 4.69) is 5.32 Å². The highest BCUT2D eigenvalue weighted by atomic mass is 32.2. The van der Waals surface area contributed by atoms with E-state index in [0.717, 1.165) is 0 Å². The second-order valence-corrected chi connectivity index (χ2v) is 4.24. The summed E-state index contributed by atoms with van der Waals surface area (Å²) in [4.78, 5) is 10.2. The molecular formula is C10H13F2NO3S. The average Bonchev–Trinajstić information content (AvgIpc) is 2.69. The first kappa shape index (κ1) is 14.0. The van der Waals surface area contributed by atoms with Crippen LogP contribution < -0.4 is 5.32 Å². The zero-order valence-corrected chi connectivity index (χ0v) is 9.80. The van der Waals surface area contributed by atoms with Crippen molar-refractivity contribution in [1.29, 1.82) is 0 Å². The van der Waals surface area contributed by atoms with Crippen LogP contribution in [-0.2, 0) is 17.1 Å². The van der Waals surface area contributed by atoms with Gasteiger partial charge < -0.3 is 14.8 Å². The van der Waals surface area contributed by atoms with E-state index < -0.39 is 11.7 Å². The molecule has 0 amide bonds. The van der Waals surface area contributed by atoms with Gasteiger partial charge in [-0.15, -0.1) is 0 Å². The molecule has 0 spiro atoms. The van der Waals surface area contributed by atoms with Crippen molar-refractivity contribution in [2.45, 2.75) is 24.5 Å². The molecule has 4 nitrogen and oxygen atoms in total. The predicted octanol–water partition coefficient (Wildman–Crippen LogP) is 2.30. The minimum absolute atomic E-state index is 0.0365. The van der Waals surface area contributed by atoms with Gasteiger partial charge in [0.1, 0.15) is 11.5 Å². The van der Waals surface area contributed by atoms with Gasteiger partial charge >= 0.3 is 5.97 Å². The van der Waals surface area contributed by atoms with E-state index in [9.17, 15) is 13.6 Å². The molecule has 1 rings (SSSR count). The van der Waals surface area contributed by atoms with E-state index in [-0.39, 0.29) is 12.2 Å². The molecule has 17 heavy (non-hydrogen) atoms. The molecule has 7 heteroatoms. The first-order valence-electron chi connectivity index (χ1n) is 4.98. The second-order valence-electron chi connectivity index (χ2n) is 3.26. The van der Waals surface area contributed by atoms with Crippen LogP contribution in [0.25, 0.3) is 0 Å². The molecule has 0 aliphatic heterocycles. The Bertz CT molecular complexity index is 357. The van der Waals surface area contributed by atoms with Crippen LogP contribution in [0.4, 0.5) is 8.78 Å². The van der Waals surface area contributed by atoms with Crippen molar-refractivity contribution in [2.75, 3.05) is 6.54 Å². The normalized spacial score (nSPS) is 11.0. The Labute approximate surface area is 101 Å². The van der Waals surface area contributed by atoms with E-state index in [1.165, 1.54) is 0 Å². The predicted molar refractivity (Wildman–Crippen MR) is 60.0 cm³/mol. The van der Waals surface area contributed by atoms with Gasteiger partial charge in [0, 0.05) is 6.54 Å². The molecule has 0 bridgehead atoms. The number of carboxylic acid groups (broad SMARTS) is 1. The van der Waals surface area contributed by atoms with Crippen molar-refractivity contribution < 1.29 is 23.1 Å². The number of aliphatic carboxylic acids is 1.